The Balaban J connectivity index is 2.06. The molecular weight excluding hydrogens is 258 g/mol. The second-order valence-corrected chi connectivity index (χ2v) is 4.87. The van der Waals surface area contributed by atoms with Gasteiger partial charge >= 0.3 is 0 Å². The van der Waals surface area contributed by atoms with Crippen molar-refractivity contribution in [3.63, 3.8) is 0 Å². The predicted octanol–water partition coefficient (Wildman–Crippen LogP) is 2.14. The summed E-state index contributed by atoms with van der Waals surface area (Å²) in [5.41, 5.74) is 2.15. The van der Waals surface area contributed by atoms with Crippen molar-refractivity contribution in [2.75, 3.05) is 6.61 Å². The molecule has 5 heteroatoms. The lowest BCUT2D eigenvalue weighted by Crippen LogP contribution is -1.88. The Bertz CT molecular complexity index is 598. The highest BCUT2D eigenvalue weighted by Crippen LogP contribution is 2.21. The van der Waals surface area contributed by atoms with Crippen LogP contribution in [0, 0.1) is 18.8 Å². The van der Waals surface area contributed by atoms with Crippen LogP contribution in [0.4, 0.5) is 0 Å². The summed E-state index contributed by atoms with van der Waals surface area (Å²) >= 11 is 1.58. The van der Waals surface area contributed by atoms with Gasteiger partial charge in [0.25, 0.3) is 0 Å². The topological polar surface area (TPSA) is 61.8 Å². The van der Waals surface area contributed by atoms with E-state index in [1.54, 1.807) is 11.8 Å². The SMILES string of the molecule is Cc1nc(SCc2ccccc2C#CCCO)n[nH]1. The minimum Gasteiger partial charge on any atom is -0.395 e. The second kappa shape index (κ2) is 6.98. The number of aliphatic hydroxyl groups is 1. The molecule has 2 rings (SSSR count). The third-order valence-electron chi connectivity index (χ3n) is 2.41. The molecule has 0 amide bonds. The molecule has 1 aromatic carbocycles. The summed E-state index contributed by atoms with van der Waals surface area (Å²) in [7, 11) is 0. The van der Waals surface area contributed by atoms with E-state index in [0.29, 0.717) is 6.42 Å². The summed E-state index contributed by atoms with van der Waals surface area (Å²) in [6, 6.07) is 8.00. The highest BCUT2D eigenvalue weighted by molar-refractivity contribution is 7.98. The molecule has 98 valence electrons. The van der Waals surface area contributed by atoms with E-state index in [-0.39, 0.29) is 6.61 Å². The van der Waals surface area contributed by atoms with Crippen LogP contribution in [-0.4, -0.2) is 26.9 Å². The van der Waals surface area contributed by atoms with Crippen LogP contribution >= 0.6 is 11.8 Å². The number of hydrogen-bond acceptors (Lipinski definition) is 4. The van der Waals surface area contributed by atoms with Gasteiger partial charge in [0.2, 0.25) is 5.16 Å². The zero-order chi connectivity index (χ0) is 13.5. The number of benzene rings is 1. The Morgan fingerprint density at radius 3 is 2.95 bits per heavy atom. The van der Waals surface area contributed by atoms with Crippen molar-refractivity contribution in [1.82, 2.24) is 15.2 Å². The van der Waals surface area contributed by atoms with Crippen molar-refractivity contribution >= 4 is 11.8 Å². The minimum absolute atomic E-state index is 0.0976. The van der Waals surface area contributed by atoms with Crippen molar-refractivity contribution in [3.8, 4) is 11.8 Å². The molecule has 2 aromatic rings. The Morgan fingerprint density at radius 2 is 2.21 bits per heavy atom. The molecule has 0 aliphatic carbocycles. The van der Waals surface area contributed by atoms with Crippen LogP contribution in [0.2, 0.25) is 0 Å². The van der Waals surface area contributed by atoms with Crippen molar-refractivity contribution in [2.24, 2.45) is 0 Å². The van der Waals surface area contributed by atoms with Gasteiger partial charge in [-0.3, -0.25) is 5.10 Å². The van der Waals surface area contributed by atoms with E-state index in [1.807, 2.05) is 25.1 Å². The molecular formula is C14H15N3OS. The molecule has 0 fully saturated rings. The first-order valence-electron chi connectivity index (χ1n) is 5.99. The van der Waals surface area contributed by atoms with Gasteiger partial charge in [-0.15, -0.1) is 5.10 Å². The van der Waals surface area contributed by atoms with Crippen molar-refractivity contribution in [3.05, 3.63) is 41.2 Å². The smallest absolute Gasteiger partial charge is 0.208 e. The number of hydrogen-bond donors (Lipinski definition) is 2. The van der Waals surface area contributed by atoms with Crippen molar-refractivity contribution in [1.29, 1.82) is 0 Å². The van der Waals surface area contributed by atoms with Gasteiger partial charge in [0.1, 0.15) is 5.82 Å². The summed E-state index contributed by atoms with van der Waals surface area (Å²) in [4.78, 5) is 4.26. The molecule has 2 N–H and O–H groups in total. The molecule has 19 heavy (non-hydrogen) atoms. The van der Waals surface area contributed by atoms with Gasteiger partial charge in [-0.25, -0.2) is 4.98 Å². The van der Waals surface area contributed by atoms with E-state index in [4.69, 9.17) is 5.11 Å². The molecule has 0 bridgehead atoms. The Morgan fingerprint density at radius 1 is 1.37 bits per heavy atom. The zero-order valence-electron chi connectivity index (χ0n) is 10.7. The molecule has 0 saturated carbocycles. The van der Waals surface area contributed by atoms with Crippen LogP contribution in [0.1, 0.15) is 23.4 Å². The summed E-state index contributed by atoms with van der Waals surface area (Å²) in [6.07, 6.45) is 0.502. The van der Waals surface area contributed by atoms with Crippen molar-refractivity contribution < 1.29 is 5.11 Å². The van der Waals surface area contributed by atoms with E-state index in [0.717, 1.165) is 27.9 Å². The quantitative estimate of drug-likeness (QED) is 0.662. The molecule has 0 unspecified atom stereocenters. The zero-order valence-corrected chi connectivity index (χ0v) is 11.5. The van der Waals surface area contributed by atoms with Crippen LogP contribution in [0.5, 0.6) is 0 Å². The van der Waals surface area contributed by atoms with Crippen LogP contribution in [-0.2, 0) is 5.75 Å². The first kappa shape index (κ1) is 13.7. The van der Waals surface area contributed by atoms with Gasteiger partial charge in [-0.05, 0) is 18.6 Å². The molecule has 0 atom stereocenters. The number of aromatic nitrogens is 3. The normalized spacial score (nSPS) is 10.0. The standard InChI is InChI=1S/C14H15N3OS/c1-11-15-14(17-16-11)19-10-13-8-3-2-6-12(13)7-4-5-9-18/h2-3,6,8,18H,5,9-10H2,1H3,(H,15,16,17). The Hall–Kier alpha value is -1.77. The number of nitrogens with one attached hydrogen (secondary N) is 1. The molecule has 0 saturated heterocycles. The number of H-pyrrole nitrogens is 1. The summed E-state index contributed by atoms with van der Waals surface area (Å²) in [5, 5.41) is 16.4. The Labute approximate surface area is 116 Å². The second-order valence-electron chi connectivity index (χ2n) is 3.92. The third-order valence-corrected chi connectivity index (χ3v) is 3.31. The number of aliphatic hydroxyl groups excluding tert-OH is 1. The fourth-order valence-corrected chi connectivity index (χ4v) is 2.36. The largest absolute Gasteiger partial charge is 0.395 e. The average molecular weight is 273 g/mol. The third kappa shape index (κ3) is 4.12. The fraction of sp³-hybridized carbons (Fsp3) is 0.286. The molecule has 0 aliphatic rings. The van der Waals surface area contributed by atoms with E-state index < -0.39 is 0 Å². The number of aromatic amines is 1. The van der Waals surface area contributed by atoms with Crippen LogP contribution in [0.15, 0.2) is 29.4 Å². The molecule has 0 spiro atoms. The lowest BCUT2D eigenvalue weighted by molar-refractivity contribution is 0.305. The van der Waals surface area contributed by atoms with Crippen molar-refractivity contribution in [2.45, 2.75) is 24.3 Å². The van der Waals surface area contributed by atoms with Crippen LogP contribution < -0.4 is 0 Å². The van der Waals surface area contributed by atoms with Crippen LogP contribution in [0.25, 0.3) is 0 Å². The van der Waals surface area contributed by atoms with E-state index in [2.05, 4.69) is 33.1 Å². The van der Waals surface area contributed by atoms with Gasteiger partial charge < -0.3 is 5.11 Å². The van der Waals surface area contributed by atoms with E-state index >= 15 is 0 Å². The predicted molar refractivity (Wildman–Crippen MR) is 75.7 cm³/mol. The van der Waals surface area contributed by atoms with Gasteiger partial charge in [-0.2, -0.15) is 0 Å². The number of rotatable bonds is 4. The number of thioether (sulfide) groups is 1. The number of aryl methyl sites for hydroxylation is 1. The molecule has 1 aromatic heterocycles. The number of nitrogens with zero attached hydrogens (tertiary/aromatic N) is 2. The maximum absolute atomic E-state index is 8.74. The average Bonchev–Trinajstić information content (AvgIpc) is 2.84. The first-order chi connectivity index (χ1) is 9.29. The lowest BCUT2D eigenvalue weighted by atomic mass is 10.1. The van der Waals surface area contributed by atoms with Gasteiger partial charge in [0.05, 0.1) is 6.61 Å². The fourth-order valence-electron chi connectivity index (χ4n) is 1.51. The summed E-state index contributed by atoms with van der Waals surface area (Å²) in [5.74, 6) is 7.63. The molecule has 4 nitrogen and oxygen atoms in total. The van der Waals surface area contributed by atoms with Gasteiger partial charge in [0, 0.05) is 17.7 Å². The van der Waals surface area contributed by atoms with E-state index in [1.165, 1.54) is 0 Å². The van der Waals surface area contributed by atoms with E-state index in [9.17, 15) is 0 Å². The first-order valence-corrected chi connectivity index (χ1v) is 6.97. The van der Waals surface area contributed by atoms with Gasteiger partial charge in [0.15, 0.2) is 0 Å². The Kier molecular flexibility index (Phi) is 5.01. The minimum atomic E-state index is 0.0976. The van der Waals surface area contributed by atoms with Crippen LogP contribution in [0.3, 0.4) is 0 Å². The summed E-state index contributed by atoms with van der Waals surface area (Å²) in [6.45, 7) is 1.98. The highest BCUT2D eigenvalue weighted by atomic mass is 32.2. The maximum atomic E-state index is 8.74. The molecule has 0 radical (unpaired) electrons. The molecule has 1 heterocycles. The maximum Gasteiger partial charge on any atom is 0.208 e. The molecule has 0 aliphatic heterocycles. The lowest BCUT2D eigenvalue weighted by Gasteiger charge is -2.02. The van der Waals surface area contributed by atoms with Gasteiger partial charge in [-0.1, -0.05) is 41.8 Å². The summed E-state index contributed by atoms with van der Waals surface area (Å²) < 4.78 is 0. The monoisotopic (exact) mass is 273 g/mol. The highest BCUT2D eigenvalue weighted by Gasteiger charge is 2.04.